The number of sulfonamides is 1. The minimum absolute atomic E-state index is 0.0136. The van der Waals surface area contributed by atoms with Crippen LogP contribution in [0.1, 0.15) is 40.2 Å². The summed E-state index contributed by atoms with van der Waals surface area (Å²) in [6.07, 6.45) is 0. The Bertz CT molecular complexity index is 1410. The minimum Gasteiger partial charge on any atom is -0.494 e. The van der Waals surface area contributed by atoms with E-state index < -0.39 is 34.1 Å². The van der Waals surface area contributed by atoms with Crippen LogP contribution >= 0.6 is 11.6 Å². The Balaban J connectivity index is 2.04. The molecule has 1 N–H and O–H groups in total. The molecule has 40 heavy (non-hydrogen) atoms. The van der Waals surface area contributed by atoms with Gasteiger partial charge in [-0.1, -0.05) is 48.0 Å². The normalized spacial score (nSPS) is 12.3. The molecule has 214 valence electrons. The van der Waals surface area contributed by atoms with Crippen molar-refractivity contribution in [1.82, 2.24) is 10.2 Å². The summed E-state index contributed by atoms with van der Waals surface area (Å²) < 4.78 is 34.2. The van der Waals surface area contributed by atoms with E-state index in [9.17, 15) is 18.0 Å². The van der Waals surface area contributed by atoms with Crippen LogP contribution in [0.25, 0.3) is 0 Å². The fourth-order valence-electron chi connectivity index (χ4n) is 3.99. The van der Waals surface area contributed by atoms with Crippen molar-refractivity contribution in [2.24, 2.45) is 0 Å². The number of carbonyl (C=O) groups excluding carboxylic acids is 2. The van der Waals surface area contributed by atoms with Crippen LogP contribution in [0, 0.1) is 0 Å². The predicted molar refractivity (Wildman–Crippen MR) is 158 cm³/mol. The van der Waals surface area contributed by atoms with Gasteiger partial charge in [0, 0.05) is 17.1 Å². The number of nitrogens with zero attached hydrogens (tertiary/aromatic N) is 2. The number of rotatable bonds is 11. The zero-order valence-electron chi connectivity index (χ0n) is 23.4. The van der Waals surface area contributed by atoms with Gasteiger partial charge in [0.2, 0.25) is 11.8 Å². The van der Waals surface area contributed by atoms with Gasteiger partial charge in [-0.15, -0.1) is 0 Å². The molecule has 0 unspecified atom stereocenters. The quantitative estimate of drug-likeness (QED) is 0.331. The Morgan fingerprint density at radius 1 is 0.950 bits per heavy atom. The zero-order valence-corrected chi connectivity index (χ0v) is 25.0. The van der Waals surface area contributed by atoms with Gasteiger partial charge < -0.3 is 15.0 Å². The van der Waals surface area contributed by atoms with Crippen LogP contribution in [0.2, 0.25) is 5.02 Å². The van der Waals surface area contributed by atoms with Crippen molar-refractivity contribution in [3.8, 4) is 5.75 Å². The number of hydrogen-bond acceptors (Lipinski definition) is 5. The molecule has 0 fully saturated rings. The summed E-state index contributed by atoms with van der Waals surface area (Å²) in [4.78, 5) is 28.5. The number of benzene rings is 3. The van der Waals surface area contributed by atoms with Crippen LogP contribution in [0.5, 0.6) is 5.75 Å². The van der Waals surface area contributed by atoms with Gasteiger partial charge in [0.15, 0.2) is 0 Å². The van der Waals surface area contributed by atoms with E-state index in [2.05, 4.69) is 5.32 Å². The third-order valence-electron chi connectivity index (χ3n) is 6.01. The number of ether oxygens (including phenoxy) is 1. The lowest BCUT2D eigenvalue weighted by Gasteiger charge is -2.33. The number of hydrogen-bond donors (Lipinski definition) is 1. The fraction of sp³-hybridized carbons (Fsp3) is 0.333. The lowest BCUT2D eigenvalue weighted by atomic mass is 10.1. The molecule has 3 aromatic rings. The standard InChI is InChI=1S/C30H36ClN3O5S/c1-6-39-25-18-16-24(17-19-25)34(40(37,38)26-13-8-7-9-14-26)21-28(35)33(20-23-12-10-11-15-27(23)31)22(2)29(36)32-30(3,4)5/h7-19,22H,6,20-21H2,1-5H3,(H,32,36)/t22-/m1/s1. The van der Waals surface area contributed by atoms with Crippen LogP contribution in [0.3, 0.4) is 0 Å². The summed E-state index contributed by atoms with van der Waals surface area (Å²) in [5.74, 6) is -0.362. The maximum absolute atomic E-state index is 14.0. The molecular weight excluding hydrogens is 550 g/mol. The molecule has 0 aliphatic heterocycles. The van der Waals surface area contributed by atoms with Gasteiger partial charge in [0.05, 0.1) is 17.2 Å². The largest absolute Gasteiger partial charge is 0.494 e. The molecule has 0 aliphatic carbocycles. The van der Waals surface area contributed by atoms with E-state index >= 15 is 0 Å². The molecule has 0 spiro atoms. The van der Waals surface area contributed by atoms with E-state index in [1.807, 2.05) is 27.7 Å². The predicted octanol–water partition coefficient (Wildman–Crippen LogP) is 5.27. The molecule has 2 amide bonds. The Morgan fingerprint density at radius 2 is 1.55 bits per heavy atom. The highest BCUT2D eigenvalue weighted by atomic mass is 35.5. The van der Waals surface area contributed by atoms with E-state index in [4.69, 9.17) is 16.3 Å². The average molecular weight is 586 g/mol. The van der Waals surface area contributed by atoms with Crippen molar-refractivity contribution in [2.75, 3.05) is 17.5 Å². The molecule has 10 heteroatoms. The molecule has 0 saturated carbocycles. The zero-order chi connectivity index (χ0) is 29.5. The monoisotopic (exact) mass is 585 g/mol. The van der Waals surface area contributed by atoms with Crippen molar-refractivity contribution < 1.29 is 22.7 Å². The van der Waals surface area contributed by atoms with Gasteiger partial charge in [-0.25, -0.2) is 8.42 Å². The topological polar surface area (TPSA) is 96.0 Å². The number of nitrogens with one attached hydrogen (secondary N) is 1. The molecule has 0 saturated heterocycles. The van der Waals surface area contributed by atoms with Crippen LogP contribution < -0.4 is 14.4 Å². The van der Waals surface area contributed by atoms with Crippen molar-refractivity contribution in [2.45, 2.75) is 57.6 Å². The molecule has 0 radical (unpaired) electrons. The second-order valence-corrected chi connectivity index (χ2v) is 12.5. The van der Waals surface area contributed by atoms with E-state index in [0.717, 1.165) is 4.31 Å². The van der Waals surface area contributed by atoms with E-state index in [1.165, 1.54) is 17.0 Å². The van der Waals surface area contributed by atoms with E-state index in [0.29, 0.717) is 22.9 Å². The third kappa shape index (κ3) is 7.99. The average Bonchev–Trinajstić information content (AvgIpc) is 2.91. The highest BCUT2D eigenvalue weighted by molar-refractivity contribution is 7.92. The summed E-state index contributed by atoms with van der Waals surface area (Å²) in [7, 11) is -4.15. The number of anilines is 1. The lowest BCUT2D eigenvalue weighted by molar-refractivity contribution is -0.140. The van der Waals surface area contributed by atoms with E-state index in [-0.39, 0.29) is 23.0 Å². The molecule has 8 nitrogen and oxygen atoms in total. The van der Waals surface area contributed by atoms with Crippen LogP contribution in [-0.2, 0) is 26.2 Å². The first-order valence-electron chi connectivity index (χ1n) is 13.0. The summed E-state index contributed by atoms with van der Waals surface area (Å²) in [5.41, 5.74) is 0.381. The summed E-state index contributed by atoms with van der Waals surface area (Å²) >= 11 is 6.40. The fourth-order valence-corrected chi connectivity index (χ4v) is 5.62. The maximum Gasteiger partial charge on any atom is 0.264 e. The summed E-state index contributed by atoms with van der Waals surface area (Å²) in [5, 5.41) is 3.34. The first-order valence-corrected chi connectivity index (χ1v) is 14.8. The number of amides is 2. The maximum atomic E-state index is 14.0. The van der Waals surface area contributed by atoms with Gasteiger partial charge in [-0.2, -0.15) is 0 Å². The van der Waals surface area contributed by atoms with Gasteiger partial charge in [0.1, 0.15) is 18.3 Å². The van der Waals surface area contributed by atoms with Crippen molar-refractivity contribution in [3.63, 3.8) is 0 Å². The van der Waals surface area contributed by atoms with Gasteiger partial charge in [-0.3, -0.25) is 13.9 Å². The lowest BCUT2D eigenvalue weighted by Crippen LogP contribution is -2.54. The second-order valence-electron chi connectivity index (χ2n) is 10.3. The highest BCUT2D eigenvalue weighted by Crippen LogP contribution is 2.27. The summed E-state index contributed by atoms with van der Waals surface area (Å²) in [6.45, 7) is 8.93. The third-order valence-corrected chi connectivity index (χ3v) is 8.17. The molecule has 0 bridgehead atoms. The first kappa shape index (κ1) is 31.0. The SMILES string of the molecule is CCOc1ccc(N(CC(=O)N(Cc2ccccc2Cl)[C@H](C)C(=O)NC(C)(C)C)S(=O)(=O)c2ccccc2)cc1. The Labute approximate surface area is 241 Å². The molecule has 0 aliphatic rings. The molecule has 3 aromatic carbocycles. The Morgan fingerprint density at radius 3 is 2.12 bits per heavy atom. The van der Waals surface area contributed by atoms with Crippen molar-refractivity contribution in [1.29, 1.82) is 0 Å². The van der Waals surface area contributed by atoms with Crippen molar-refractivity contribution >= 4 is 39.1 Å². The van der Waals surface area contributed by atoms with Gasteiger partial charge >= 0.3 is 0 Å². The van der Waals surface area contributed by atoms with Crippen molar-refractivity contribution in [3.05, 3.63) is 89.4 Å². The highest BCUT2D eigenvalue weighted by Gasteiger charge is 2.33. The molecule has 1 atom stereocenters. The van der Waals surface area contributed by atoms with E-state index in [1.54, 1.807) is 73.7 Å². The molecule has 0 heterocycles. The molecule has 0 aromatic heterocycles. The van der Waals surface area contributed by atoms with Gasteiger partial charge in [0.25, 0.3) is 10.0 Å². The Kier molecular flexibility index (Phi) is 10.2. The second kappa shape index (κ2) is 13.2. The summed E-state index contributed by atoms with van der Waals surface area (Å²) in [6, 6.07) is 20.5. The smallest absolute Gasteiger partial charge is 0.264 e. The van der Waals surface area contributed by atoms with Crippen LogP contribution in [0.15, 0.2) is 83.8 Å². The Hall–Kier alpha value is -3.56. The van der Waals surface area contributed by atoms with Crippen LogP contribution in [0.4, 0.5) is 5.69 Å². The van der Waals surface area contributed by atoms with Gasteiger partial charge in [-0.05, 0) is 82.6 Å². The molecular formula is C30H36ClN3O5S. The number of halogens is 1. The first-order chi connectivity index (χ1) is 18.8. The molecule has 3 rings (SSSR count). The van der Waals surface area contributed by atoms with Crippen LogP contribution in [-0.4, -0.2) is 49.9 Å². The number of carbonyl (C=O) groups is 2. The minimum atomic E-state index is -4.15.